The maximum absolute atomic E-state index is 13.1. The van der Waals surface area contributed by atoms with Gasteiger partial charge >= 0.3 is 5.97 Å². The van der Waals surface area contributed by atoms with Crippen molar-refractivity contribution in [2.24, 2.45) is 13.0 Å². The van der Waals surface area contributed by atoms with Crippen LogP contribution in [0.5, 0.6) is 0 Å². The molecule has 10 nitrogen and oxygen atoms in total. The number of hydrogen-bond acceptors (Lipinski definition) is 9. The van der Waals surface area contributed by atoms with Gasteiger partial charge < -0.3 is 19.4 Å². The van der Waals surface area contributed by atoms with Crippen LogP contribution in [-0.4, -0.2) is 68.9 Å². The summed E-state index contributed by atoms with van der Waals surface area (Å²) in [5.74, 6) is 0.0774. The third-order valence-corrected chi connectivity index (χ3v) is 8.72. The number of anilines is 1. The predicted molar refractivity (Wildman–Crippen MR) is 141 cm³/mol. The summed E-state index contributed by atoms with van der Waals surface area (Å²) in [7, 11) is 1.75. The summed E-state index contributed by atoms with van der Waals surface area (Å²) >= 11 is 10.9. The van der Waals surface area contributed by atoms with Crippen molar-refractivity contribution in [1.29, 1.82) is 0 Å². The van der Waals surface area contributed by atoms with Gasteiger partial charge in [0.05, 0.1) is 27.9 Å². The third kappa shape index (κ3) is 5.36. The Balaban J connectivity index is 1.56. The molecule has 0 spiro atoms. The number of aryl methyl sites for hydroxylation is 2. The van der Waals surface area contributed by atoms with Crippen LogP contribution >= 0.6 is 38.9 Å². The Labute approximate surface area is 226 Å². The van der Waals surface area contributed by atoms with Crippen molar-refractivity contribution < 1.29 is 19.1 Å². The summed E-state index contributed by atoms with van der Waals surface area (Å²) in [4.78, 5) is 40.4. The summed E-state index contributed by atoms with van der Waals surface area (Å²) in [6.45, 7) is 7.54. The highest BCUT2D eigenvalue weighted by Gasteiger charge is 2.35. The molecule has 1 aliphatic heterocycles. The molecular weight excluding hydrogens is 572 g/mol. The first kappa shape index (κ1) is 26.8. The normalized spacial score (nSPS) is 18.0. The lowest BCUT2D eigenvalue weighted by atomic mass is 9.88. The zero-order chi connectivity index (χ0) is 26.0. The number of piperidine rings is 1. The van der Waals surface area contributed by atoms with Gasteiger partial charge in [-0.1, -0.05) is 22.9 Å². The molecule has 0 amide bonds. The Morgan fingerprint density at radius 3 is 2.72 bits per heavy atom. The van der Waals surface area contributed by atoms with E-state index in [4.69, 9.17) is 26.1 Å². The Morgan fingerprint density at radius 1 is 1.33 bits per heavy atom. The smallest absolute Gasteiger partial charge is 0.350 e. The average Bonchev–Trinajstić information content (AvgIpc) is 3.54. The number of hydrogen-bond donors (Lipinski definition) is 1. The van der Waals surface area contributed by atoms with Crippen molar-refractivity contribution in [2.45, 2.75) is 39.7 Å². The van der Waals surface area contributed by atoms with Gasteiger partial charge in [0.1, 0.15) is 16.9 Å². The van der Waals surface area contributed by atoms with Crippen molar-refractivity contribution in [3.63, 3.8) is 0 Å². The Bertz CT molecular complexity index is 1260. The van der Waals surface area contributed by atoms with Gasteiger partial charge in [0, 0.05) is 38.9 Å². The third-order valence-electron chi connectivity index (χ3n) is 6.13. The number of ketones is 1. The number of esters is 1. The van der Waals surface area contributed by atoms with Gasteiger partial charge in [-0.05, 0) is 49.0 Å². The number of halogens is 2. The number of nitrogens with zero attached hydrogens (tertiary/aromatic N) is 5. The summed E-state index contributed by atoms with van der Waals surface area (Å²) in [6.07, 6.45) is 2.32. The fraction of sp³-hybridized carbons (Fsp3) is 0.522. The molecule has 0 saturated carbocycles. The van der Waals surface area contributed by atoms with E-state index in [0.717, 1.165) is 12.1 Å². The number of Topliss-reactive ketones (excluding diaryl/α,β-unsaturated/α-hetero) is 1. The highest BCUT2D eigenvalue weighted by Crippen LogP contribution is 2.37. The minimum atomic E-state index is -0.438. The van der Waals surface area contributed by atoms with Crippen molar-refractivity contribution in [1.82, 2.24) is 24.7 Å². The minimum absolute atomic E-state index is 0.0107. The fourth-order valence-corrected chi connectivity index (χ4v) is 6.07. The van der Waals surface area contributed by atoms with Crippen LogP contribution in [-0.2, 0) is 16.5 Å². The highest BCUT2D eigenvalue weighted by molar-refractivity contribution is 9.10. The molecule has 0 radical (unpaired) electrons. The van der Waals surface area contributed by atoms with E-state index >= 15 is 0 Å². The lowest BCUT2D eigenvalue weighted by molar-refractivity contribution is 0.0103. The standard InChI is InChI=1S/C23H28BrClN6O4S/c1-5-34-15-10-31(8-7-13(15)9-14(32)18-16(24)17(25)12(3)28-18)23-29-19(21-26-11-27-30(21)4)20(36-23)22(33)35-6-2/h11,13,15,28H,5-10H2,1-4H3/t13-,15-/m0/s1. The van der Waals surface area contributed by atoms with Crippen LogP contribution < -0.4 is 4.90 Å². The first-order chi connectivity index (χ1) is 17.2. The van der Waals surface area contributed by atoms with E-state index in [1.807, 2.05) is 13.8 Å². The molecule has 0 unspecified atom stereocenters. The van der Waals surface area contributed by atoms with E-state index < -0.39 is 5.97 Å². The van der Waals surface area contributed by atoms with E-state index in [1.54, 1.807) is 18.7 Å². The second-order valence-corrected chi connectivity index (χ2v) is 10.6. The molecule has 2 atom stereocenters. The number of aromatic amines is 1. The first-order valence-corrected chi connectivity index (χ1v) is 13.7. The molecule has 0 aromatic carbocycles. The van der Waals surface area contributed by atoms with Crippen LogP contribution in [0.3, 0.4) is 0 Å². The van der Waals surface area contributed by atoms with E-state index in [2.05, 4.69) is 35.9 Å². The predicted octanol–water partition coefficient (Wildman–Crippen LogP) is 4.67. The molecule has 0 aliphatic carbocycles. The van der Waals surface area contributed by atoms with E-state index in [9.17, 15) is 9.59 Å². The van der Waals surface area contributed by atoms with Gasteiger partial charge in [0.25, 0.3) is 0 Å². The molecule has 1 saturated heterocycles. The molecule has 1 aliphatic rings. The van der Waals surface area contributed by atoms with Gasteiger partial charge in [0.15, 0.2) is 16.7 Å². The van der Waals surface area contributed by atoms with E-state index in [1.165, 1.54) is 17.7 Å². The Kier molecular flexibility index (Phi) is 8.48. The first-order valence-electron chi connectivity index (χ1n) is 11.7. The van der Waals surface area contributed by atoms with Crippen molar-refractivity contribution in [2.75, 3.05) is 31.2 Å². The van der Waals surface area contributed by atoms with Crippen LogP contribution in [0.25, 0.3) is 11.5 Å². The molecule has 4 rings (SSSR count). The van der Waals surface area contributed by atoms with Gasteiger partial charge in [-0.2, -0.15) is 5.10 Å². The lowest BCUT2D eigenvalue weighted by Gasteiger charge is -2.38. The van der Waals surface area contributed by atoms with Gasteiger partial charge in [-0.3, -0.25) is 4.79 Å². The largest absolute Gasteiger partial charge is 0.462 e. The van der Waals surface area contributed by atoms with Gasteiger partial charge in [-0.15, -0.1) is 0 Å². The quantitative estimate of drug-likeness (QED) is 0.279. The SMILES string of the molecule is CCOC(=O)c1sc(N2CC[C@@H](CC(=O)c3[nH]c(C)c(Cl)c3Br)[C@@H](OCC)C2)nc1-c1ncnn1C. The minimum Gasteiger partial charge on any atom is -0.462 e. The van der Waals surface area contributed by atoms with Crippen LogP contribution in [0.2, 0.25) is 5.02 Å². The van der Waals surface area contributed by atoms with Gasteiger partial charge in [0.2, 0.25) is 0 Å². The van der Waals surface area contributed by atoms with Crippen LogP contribution in [0.1, 0.15) is 52.5 Å². The topological polar surface area (TPSA) is 115 Å². The molecule has 3 aromatic rings. The highest BCUT2D eigenvalue weighted by atomic mass is 79.9. The molecule has 0 bridgehead atoms. The zero-order valence-electron chi connectivity index (χ0n) is 20.5. The molecule has 1 N–H and O–H groups in total. The van der Waals surface area contributed by atoms with Crippen molar-refractivity contribution in [3.8, 4) is 11.5 Å². The number of carbonyl (C=O) groups excluding carboxylic acids is 2. The number of rotatable bonds is 9. The summed E-state index contributed by atoms with van der Waals surface area (Å²) in [6, 6.07) is 0. The second kappa shape index (κ2) is 11.4. The maximum atomic E-state index is 13.1. The number of aromatic nitrogens is 5. The van der Waals surface area contributed by atoms with Crippen molar-refractivity contribution >= 4 is 55.8 Å². The molecule has 13 heteroatoms. The van der Waals surface area contributed by atoms with Crippen LogP contribution in [0.4, 0.5) is 5.13 Å². The summed E-state index contributed by atoms with van der Waals surface area (Å²) < 4.78 is 13.5. The number of nitrogens with one attached hydrogen (secondary N) is 1. The maximum Gasteiger partial charge on any atom is 0.350 e. The average molecular weight is 600 g/mol. The van der Waals surface area contributed by atoms with Crippen molar-refractivity contribution in [3.05, 3.63) is 32.1 Å². The molecule has 4 heterocycles. The van der Waals surface area contributed by atoms with Crippen LogP contribution in [0, 0.1) is 12.8 Å². The number of thiazole rings is 1. The number of carbonyl (C=O) groups is 2. The van der Waals surface area contributed by atoms with Gasteiger partial charge in [-0.25, -0.2) is 19.4 Å². The van der Waals surface area contributed by atoms with E-state index in [0.29, 0.717) is 62.8 Å². The molecule has 1 fully saturated rings. The summed E-state index contributed by atoms with van der Waals surface area (Å²) in [5.41, 5.74) is 1.69. The van der Waals surface area contributed by atoms with Crippen LogP contribution in [0.15, 0.2) is 10.8 Å². The Hall–Kier alpha value is -2.28. The molecule has 194 valence electrons. The number of ether oxygens (including phenoxy) is 2. The lowest BCUT2D eigenvalue weighted by Crippen LogP contribution is -2.46. The number of H-pyrrole nitrogens is 1. The molecular formula is C23H28BrClN6O4S. The zero-order valence-corrected chi connectivity index (χ0v) is 23.7. The summed E-state index contributed by atoms with van der Waals surface area (Å²) in [5, 5.41) is 5.31. The van der Waals surface area contributed by atoms with E-state index in [-0.39, 0.29) is 24.4 Å². The molecule has 3 aromatic heterocycles. The second-order valence-electron chi connectivity index (χ2n) is 8.47. The monoisotopic (exact) mass is 598 g/mol. The molecule has 36 heavy (non-hydrogen) atoms. The Morgan fingerprint density at radius 2 is 2.11 bits per heavy atom. The fourth-order valence-electron chi connectivity index (χ4n) is 4.32.